The molecule has 128 valence electrons. The van der Waals surface area contributed by atoms with E-state index in [1.807, 2.05) is 36.4 Å². The van der Waals surface area contributed by atoms with Gasteiger partial charge in [-0.05, 0) is 19.4 Å². The molecule has 1 aromatic rings. The van der Waals surface area contributed by atoms with Gasteiger partial charge >= 0.3 is 7.60 Å². The zero-order valence-electron chi connectivity index (χ0n) is 14.2. The molecular formula is C17H25O5P. The number of fused-ring (bicyclic) bond motifs is 1. The van der Waals surface area contributed by atoms with E-state index in [1.54, 1.807) is 28.1 Å². The number of rotatable bonds is 8. The highest BCUT2D eigenvalue weighted by molar-refractivity contribution is 7.53. The minimum absolute atomic E-state index is 0.196. The van der Waals surface area contributed by atoms with Crippen molar-refractivity contribution in [3.05, 3.63) is 41.5 Å². The van der Waals surface area contributed by atoms with Crippen LogP contribution in [-0.2, 0) is 28.9 Å². The summed E-state index contributed by atoms with van der Waals surface area (Å²) in [6.45, 7) is 4.27. The summed E-state index contributed by atoms with van der Waals surface area (Å²) in [5, 5.41) is 0. The fraction of sp³-hybridized carbons (Fsp3) is 0.529. The second kappa shape index (κ2) is 7.73. The Morgan fingerprint density at radius 2 is 1.70 bits per heavy atom. The summed E-state index contributed by atoms with van der Waals surface area (Å²) in [5.41, 5.74) is 1.94. The predicted molar refractivity (Wildman–Crippen MR) is 90.4 cm³/mol. The van der Waals surface area contributed by atoms with Gasteiger partial charge in [0.05, 0.1) is 19.4 Å². The van der Waals surface area contributed by atoms with Crippen molar-refractivity contribution in [2.45, 2.75) is 19.6 Å². The summed E-state index contributed by atoms with van der Waals surface area (Å²) in [6, 6.07) is 7.86. The molecule has 0 bridgehead atoms. The first kappa shape index (κ1) is 18.4. The van der Waals surface area contributed by atoms with Crippen LogP contribution in [0.4, 0.5) is 0 Å². The number of hydrogen-bond acceptors (Lipinski definition) is 5. The van der Waals surface area contributed by atoms with Gasteiger partial charge in [-0.15, -0.1) is 0 Å². The maximum absolute atomic E-state index is 12.9. The molecule has 6 heteroatoms. The molecule has 0 heterocycles. The molecule has 0 aromatic heterocycles. The maximum atomic E-state index is 12.9. The molecule has 0 N–H and O–H groups in total. The normalized spacial score (nSPS) is 19.6. The minimum atomic E-state index is -3.22. The average Bonchev–Trinajstić information content (AvgIpc) is 2.55. The second-order valence-electron chi connectivity index (χ2n) is 5.26. The molecule has 0 saturated heterocycles. The molecule has 1 aromatic carbocycles. The lowest BCUT2D eigenvalue weighted by Gasteiger charge is -2.41. The van der Waals surface area contributed by atoms with Crippen LogP contribution in [0.15, 0.2) is 30.3 Å². The summed E-state index contributed by atoms with van der Waals surface area (Å²) < 4.78 is 35.3. The van der Waals surface area contributed by atoms with E-state index in [0.29, 0.717) is 13.2 Å². The Morgan fingerprint density at radius 3 is 2.26 bits per heavy atom. The highest BCUT2D eigenvalue weighted by Gasteiger charge is 2.46. The van der Waals surface area contributed by atoms with Crippen molar-refractivity contribution in [2.75, 3.05) is 33.6 Å². The van der Waals surface area contributed by atoms with Crippen LogP contribution in [0.5, 0.6) is 0 Å². The van der Waals surface area contributed by atoms with Crippen LogP contribution in [0.2, 0.25) is 0 Å². The van der Waals surface area contributed by atoms with E-state index in [1.165, 1.54) is 0 Å². The van der Waals surface area contributed by atoms with E-state index in [4.69, 9.17) is 18.5 Å². The first-order valence-corrected chi connectivity index (χ1v) is 9.54. The molecule has 0 aliphatic heterocycles. The lowest BCUT2D eigenvalue weighted by atomic mass is 9.84. The van der Waals surface area contributed by atoms with Crippen LogP contribution >= 0.6 is 7.60 Å². The Morgan fingerprint density at radius 1 is 1.09 bits per heavy atom. The standard InChI is InChI=1S/C17H25O5P/c1-5-21-23(18,22-6-2)13-15-12-11-14-9-7-8-10-16(14)17(15,19-3)20-4/h7-12,15H,5-6,13H2,1-4H3. The number of benzene rings is 1. The Bertz CT molecular complexity index is 584. The SMILES string of the molecule is CCOP(=O)(CC1C=Cc2ccccc2C1(OC)OC)OCC. The first-order chi connectivity index (χ1) is 11.0. The topological polar surface area (TPSA) is 54.0 Å². The molecular weight excluding hydrogens is 315 g/mol. The molecule has 23 heavy (non-hydrogen) atoms. The molecule has 0 fully saturated rings. The van der Waals surface area contributed by atoms with Gasteiger partial charge in [0.25, 0.3) is 0 Å². The number of ether oxygens (including phenoxy) is 2. The molecule has 0 spiro atoms. The summed E-state index contributed by atoms with van der Waals surface area (Å²) >= 11 is 0. The van der Waals surface area contributed by atoms with E-state index in [0.717, 1.165) is 11.1 Å². The zero-order valence-corrected chi connectivity index (χ0v) is 15.0. The largest absolute Gasteiger partial charge is 0.349 e. The van der Waals surface area contributed by atoms with Crippen molar-refractivity contribution < 1.29 is 23.1 Å². The lowest BCUT2D eigenvalue weighted by Crippen LogP contribution is -2.42. The number of hydrogen-bond donors (Lipinski definition) is 0. The number of methoxy groups -OCH3 is 2. The van der Waals surface area contributed by atoms with Crippen molar-refractivity contribution in [2.24, 2.45) is 5.92 Å². The van der Waals surface area contributed by atoms with Crippen molar-refractivity contribution in [1.29, 1.82) is 0 Å². The van der Waals surface area contributed by atoms with E-state index >= 15 is 0 Å². The van der Waals surface area contributed by atoms with E-state index in [-0.39, 0.29) is 12.1 Å². The van der Waals surface area contributed by atoms with Gasteiger partial charge in [0.1, 0.15) is 0 Å². The van der Waals surface area contributed by atoms with Gasteiger partial charge in [0.15, 0.2) is 0 Å². The van der Waals surface area contributed by atoms with Crippen molar-refractivity contribution in [3.8, 4) is 0 Å². The van der Waals surface area contributed by atoms with Gasteiger partial charge in [-0.1, -0.05) is 36.4 Å². The summed E-state index contributed by atoms with van der Waals surface area (Å²) in [4.78, 5) is 0. The smallest absolute Gasteiger partial charge is 0.331 e. The molecule has 2 rings (SSSR count). The molecule has 0 radical (unpaired) electrons. The van der Waals surface area contributed by atoms with Gasteiger partial charge in [-0.25, -0.2) is 0 Å². The van der Waals surface area contributed by atoms with Crippen molar-refractivity contribution in [3.63, 3.8) is 0 Å². The van der Waals surface area contributed by atoms with Gasteiger partial charge in [0, 0.05) is 25.7 Å². The molecule has 1 aliphatic rings. The third kappa shape index (κ3) is 3.59. The third-order valence-corrected chi connectivity index (χ3v) is 6.15. The van der Waals surface area contributed by atoms with Crippen LogP contribution in [0.1, 0.15) is 25.0 Å². The van der Waals surface area contributed by atoms with Crippen LogP contribution < -0.4 is 0 Å². The van der Waals surface area contributed by atoms with Gasteiger partial charge in [0.2, 0.25) is 5.79 Å². The van der Waals surface area contributed by atoms with Gasteiger partial charge in [-0.2, -0.15) is 0 Å². The second-order valence-corrected chi connectivity index (χ2v) is 7.36. The Hall–Kier alpha value is -0.970. The van der Waals surface area contributed by atoms with Crippen LogP contribution in [0, 0.1) is 5.92 Å². The first-order valence-electron chi connectivity index (χ1n) is 7.81. The van der Waals surface area contributed by atoms with Crippen LogP contribution in [0.25, 0.3) is 6.08 Å². The van der Waals surface area contributed by atoms with E-state index in [2.05, 4.69) is 0 Å². The fourth-order valence-electron chi connectivity index (χ4n) is 3.07. The van der Waals surface area contributed by atoms with Gasteiger partial charge < -0.3 is 18.5 Å². The average molecular weight is 340 g/mol. The quantitative estimate of drug-likeness (QED) is 0.528. The Kier molecular flexibility index (Phi) is 6.18. The van der Waals surface area contributed by atoms with E-state index < -0.39 is 13.4 Å². The maximum Gasteiger partial charge on any atom is 0.331 e. The highest BCUT2D eigenvalue weighted by atomic mass is 31.2. The molecule has 1 atom stereocenters. The molecule has 1 aliphatic carbocycles. The molecule has 0 saturated carbocycles. The van der Waals surface area contributed by atoms with Gasteiger partial charge in [-0.3, -0.25) is 4.57 Å². The van der Waals surface area contributed by atoms with E-state index in [9.17, 15) is 4.57 Å². The molecule has 0 amide bonds. The molecule has 1 unspecified atom stereocenters. The third-order valence-electron chi connectivity index (χ3n) is 4.01. The van der Waals surface area contributed by atoms with Crippen molar-refractivity contribution in [1.82, 2.24) is 0 Å². The highest BCUT2D eigenvalue weighted by Crippen LogP contribution is 2.54. The minimum Gasteiger partial charge on any atom is -0.349 e. The van der Waals surface area contributed by atoms with Crippen LogP contribution in [0.3, 0.4) is 0 Å². The summed E-state index contributed by atoms with van der Waals surface area (Å²) in [6.07, 6.45) is 4.15. The fourth-order valence-corrected chi connectivity index (χ4v) is 4.99. The van der Waals surface area contributed by atoms with Crippen molar-refractivity contribution >= 4 is 13.7 Å². The summed E-state index contributed by atoms with van der Waals surface area (Å²) in [5.74, 6) is -1.29. The Labute approximate surface area is 138 Å². The lowest BCUT2D eigenvalue weighted by molar-refractivity contribution is -0.237. The zero-order chi connectivity index (χ0) is 16.9. The van der Waals surface area contributed by atoms with Crippen LogP contribution in [-0.4, -0.2) is 33.6 Å². The predicted octanol–water partition coefficient (Wildman–Crippen LogP) is 4.04. The Balaban J connectivity index is 2.40. The summed E-state index contributed by atoms with van der Waals surface area (Å²) in [7, 11) is -0.0253. The monoisotopic (exact) mass is 340 g/mol. The molecule has 5 nitrogen and oxygen atoms in total.